The molecule has 28 heavy (non-hydrogen) atoms. The Kier molecular flexibility index (Phi) is 7.81. The average Bonchev–Trinajstić information content (AvgIpc) is 2.70. The first-order valence-electron chi connectivity index (χ1n) is 8.26. The second-order valence-corrected chi connectivity index (χ2v) is 9.85. The Balaban J connectivity index is 1.75. The van der Waals surface area contributed by atoms with E-state index in [1.807, 2.05) is 0 Å². The molecule has 154 valence electrons. The van der Waals surface area contributed by atoms with Crippen molar-refractivity contribution >= 4 is 19.7 Å². The van der Waals surface area contributed by atoms with Gasteiger partial charge in [-0.3, -0.25) is 0 Å². The third kappa shape index (κ3) is 6.20. The molecule has 0 spiro atoms. The van der Waals surface area contributed by atoms with Crippen LogP contribution in [0, 0.1) is 0 Å². The van der Waals surface area contributed by atoms with E-state index >= 15 is 0 Å². The first-order valence-corrected chi connectivity index (χ1v) is 11.6. The monoisotopic (exact) mass is 430 g/mol. The predicted octanol–water partition coefficient (Wildman–Crippen LogP) is 1.90. The summed E-state index contributed by atoms with van der Waals surface area (Å²) in [5, 5.41) is 0. The number of methoxy groups -OCH3 is 2. The molecule has 0 saturated carbocycles. The van der Waals surface area contributed by atoms with Crippen LogP contribution >= 0.6 is 0 Å². The SMILES string of the molecule is COc1ccc(S(=O)(=O)CCOOCCS(=O)(=O)c2ccc(OC)cc2)cc1. The minimum Gasteiger partial charge on any atom is -0.497 e. The van der Waals surface area contributed by atoms with E-state index in [9.17, 15) is 16.8 Å². The number of hydrogen-bond donors (Lipinski definition) is 0. The third-order valence-electron chi connectivity index (χ3n) is 3.79. The summed E-state index contributed by atoms with van der Waals surface area (Å²) in [5.41, 5.74) is 0. The minimum atomic E-state index is -3.54. The Morgan fingerprint density at radius 2 is 0.929 bits per heavy atom. The van der Waals surface area contributed by atoms with Crippen molar-refractivity contribution in [1.29, 1.82) is 0 Å². The first kappa shape index (κ1) is 22.2. The molecule has 10 heteroatoms. The van der Waals surface area contributed by atoms with Gasteiger partial charge in [0.1, 0.15) is 11.5 Å². The van der Waals surface area contributed by atoms with Gasteiger partial charge in [-0.2, -0.15) is 0 Å². The summed E-state index contributed by atoms with van der Waals surface area (Å²) in [7, 11) is -4.10. The van der Waals surface area contributed by atoms with Gasteiger partial charge in [-0.05, 0) is 48.5 Å². The first-order chi connectivity index (χ1) is 13.3. The van der Waals surface area contributed by atoms with Gasteiger partial charge in [-0.25, -0.2) is 26.6 Å². The van der Waals surface area contributed by atoms with Gasteiger partial charge in [0.15, 0.2) is 19.7 Å². The molecular formula is C18H22O8S2. The van der Waals surface area contributed by atoms with Crippen LogP contribution < -0.4 is 9.47 Å². The highest BCUT2D eigenvalue weighted by Gasteiger charge is 2.16. The van der Waals surface area contributed by atoms with Crippen molar-refractivity contribution < 1.29 is 36.1 Å². The third-order valence-corrected chi connectivity index (χ3v) is 7.18. The van der Waals surface area contributed by atoms with Crippen molar-refractivity contribution in [3.63, 3.8) is 0 Å². The molecule has 2 rings (SSSR count). The summed E-state index contributed by atoms with van der Waals surface area (Å²) in [6, 6.07) is 12.0. The summed E-state index contributed by atoms with van der Waals surface area (Å²) < 4.78 is 58.7. The lowest BCUT2D eigenvalue weighted by Gasteiger charge is -2.08. The largest absolute Gasteiger partial charge is 0.497 e. The van der Waals surface area contributed by atoms with Gasteiger partial charge in [0.25, 0.3) is 0 Å². The molecule has 2 aromatic rings. The second-order valence-electron chi connectivity index (χ2n) is 5.63. The standard InChI is InChI=1S/C18H22O8S2/c1-23-15-3-7-17(8-4-15)27(19,20)13-11-25-26-12-14-28(21,22)18-9-5-16(24-2)6-10-18/h3-10H,11-14H2,1-2H3. The topological polar surface area (TPSA) is 105 Å². The van der Waals surface area contributed by atoms with Crippen molar-refractivity contribution in [2.45, 2.75) is 9.79 Å². The molecule has 0 fully saturated rings. The van der Waals surface area contributed by atoms with Crippen LogP contribution in [0.25, 0.3) is 0 Å². The zero-order valence-corrected chi connectivity index (χ0v) is 17.2. The van der Waals surface area contributed by atoms with Crippen molar-refractivity contribution in [3.8, 4) is 11.5 Å². The quantitative estimate of drug-likeness (QED) is 0.302. The van der Waals surface area contributed by atoms with E-state index in [1.165, 1.54) is 38.5 Å². The molecule has 0 heterocycles. The number of benzene rings is 2. The van der Waals surface area contributed by atoms with Gasteiger partial charge in [0, 0.05) is 0 Å². The maximum Gasteiger partial charge on any atom is 0.180 e. The van der Waals surface area contributed by atoms with Crippen LogP contribution in [0.15, 0.2) is 58.3 Å². The molecule has 0 aromatic heterocycles. The Bertz CT molecular complexity index is 868. The Labute approximate surface area is 164 Å². The van der Waals surface area contributed by atoms with Crippen LogP contribution in [0.4, 0.5) is 0 Å². The van der Waals surface area contributed by atoms with Crippen LogP contribution in [0.3, 0.4) is 0 Å². The lowest BCUT2D eigenvalue weighted by atomic mass is 10.3. The fourth-order valence-corrected chi connectivity index (χ4v) is 4.35. The summed E-state index contributed by atoms with van der Waals surface area (Å²) in [6.07, 6.45) is 0. The molecule has 8 nitrogen and oxygen atoms in total. The molecule has 0 atom stereocenters. The van der Waals surface area contributed by atoms with E-state index in [4.69, 9.17) is 19.2 Å². The van der Waals surface area contributed by atoms with Crippen LogP contribution in [0.5, 0.6) is 11.5 Å². The molecule has 0 saturated heterocycles. The molecule has 0 aliphatic rings. The van der Waals surface area contributed by atoms with E-state index < -0.39 is 19.7 Å². The molecule has 0 unspecified atom stereocenters. The predicted molar refractivity (Wildman–Crippen MR) is 102 cm³/mol. The number of sulfone groups is 2. The molecule has 2 aromatic carbocycles. The zero-order chi connectivity index (χ0) is 20.6. The molecular weight excluding hydrogens is 408 g/mol. The van der Waals surface area contributed by atoms with E-state index in [2.05, 4.69) is 0 Å². The summed E-state index contributed by atoms with van der Waals surface area (Å²) >= 11 is 0. The highest BCUT2D eigenvalue weighted by atomic mass is 32.2. The molecule has 0 aliphatic heterocycles. The van der Waals surface area contributed by atoms with Crippen molar-refractivity contribution in [3.05, 3.63) is 48.5 Å². The van der Waals surface area contributed by atoms with Crippen molar-refractivity contribution in [2.75, 3.05) is 38.9 Å². The van der Waals surface area contributed by atoms with Crippen LogP contribution in [-0.2, 0) is 29.4 Å². The fourth-order valence-electron chi connectivity index (χ4n) is 2.21. The molecule has 0 amide bonds. The van der Waals surface area contributed by atoms with Crippen LogP contribution in [0.2, 0.25) is 0 Å². The number of rotatable bonds is 11. The fraction of sp³-hybridized carbons (Fsp3) is 0.333. The van der Waals surface area contributed by atoms with Gasteiger partial charge < -0.3 is 9.47 Å². The molecule has 0 N–H and O–H groups in total. The Morgan fingerprint density at radius 1 is 0.607 bits per heavy atom. The average molecular weight is 431 g/mol. The molecule has 0 aliphatic carbocycles. The number of hydrogen-bond acceptors (Lipinski definition) is 8. The van der Waals surface area contributed by atoms with Gasteiger partial charge in [0.05, 0.1) is 48.7 Å². The summed E-state index contributed by atoms with van der Waals surface area (Å²) in [5.74, 6) is 0.503. The van der Waals surface area contributed by atoms with Gasteiger partial charge >= 0.3 is 0 Å². The number of ether oxygens (including phenoxy) is 2. The van der Waals surface area contributed by atoms with Gasteiger partial charge in [-0.15, -0.1) is 0 Å². The minimum absolute atomic E-state index is 0.138. The van der Waals surface area contributed by atoms with Crippen LogP contribution in [-0.4, -0.2) is 55.8 Å². The molecule has 0 bridgehead atoms. The normalized spacial score (nSPS) is 11.9. The van der Waals surface area contributed by atoms with Crippen molar-refractivity contribution in [1.82, 2.24) is 0 Å². The maximum atomic E-state index is 12.2. The van der Waals surface area contributed by atoms with E-state index in [0.717, 1.165) is 0 Å². The van der Waals surface area contributed by atoms with E-state index in [0.29, 0.717) is 11.5 Å². The summed E-state index contributed by atoms with van der Waals surface area (Å²) in [6.45, 7) is -0.451. The lowest BCUT2D eigenvalue weighted by Crippen LogP contribution is -2.16. The smallest absolute Gasteiger partial charge is 0.180 e. The van der Waals surface area contributed by atoms with Crippen LogP contribution in [0.1, 0.15) is 0 Å². The molecule has 0 radical (unpaired) electrons. The Morgan fingerprint density at radius 3 is 1.21 bits per heavy atom. The zero-order valence-electron chi connectivity index (χ0n) is 15.5. The van der Waals surface area contributed by atoms with E-state index in [-0.39, 0.29) is 34.5 Å². The van der Waals surface area contributed by atoms with Gasteiger partial charge in [-0.1, -0.05) is 0 Å². The lowest BCUT2D eigenvalue weighted by molar-refractivity contribution is -0.286. The van der Waals surface area contributed by atoms with E-state index in [1.54, 1.807) is 24.3 Å². The maximum absolute atomic E-state index is 12.2. The highest BCUT2D eigenvalue weighted by molar-refractivity contribution is 7.91. The van der Waals surface area contributed by atoms with Gasteiger partial charge in [0.2, 0.25) is 0 Å². The second kappa shape index (κ2) is 9.87. The summed E-state index contributed by atoms with van der Waals surface area (Å²) in [4.78, 5) is 9.91. The highest BCUT2D eigenvalue weighted by Crippen LogP contribution is 2.17. The Hall–Kier alpha value is -2.14. The van der Waals surface area contributed by atoms with Crippen molar-refractivity contribution in [2.24, 2.45) is 0 Å².